The number of hydrogen-bond donors (Lipinski definition) is 1. The topological polar surface area (TPSA) is 24.9 Å². The summed E-state index contributed by atoms with van der Waals surface area (Å²) in [6.45, 7) is 3.04. The van der Waals surface area contributed by atoms with Gasteiger partial charge in [-0.25, -0.2) is 4.98 Å². The van der Waals surface area contributed by atoms with E-state index >= 15 is 0 Å². The van der Waals surface area contributed by atoms with Crippen LogP contribution in [0.1, 0.15) is 34.3 Å². The molecule has 3 rings (SSSR count). The first-order valence-corrected chi connectivity index (χ1v) is 7.76. The first-order chi connectivity index (χ1) is 8.34. The molecule has 0 spiro atoms. The lowest BCUT2D eigenvalue weighted by molar-refractivity contribution is 0.489. The van der Waals surface area contributed by atoms with Gasteiger partial charge >= 0.3 is 0 Å². The molecule has 0 saturated heterocycles. The van der Waals surface area contributed by atoms with Crippen LogP contribution >= 0.6 is 22.7 Å². The lowest BCUT2D eigenvalue weighted by atomic mass is 10.1. The van der Waals surface area contributed by atoms with Gasteiger partial charge in [-0.3, -0.25) is 0 Å². The zero-order valence-corrected chi connectivity index (χ0v) is 11.5. The van der Waals surface area contributed by atoms with E-state index in [1.54, 1.807) is 11.3 Å². The van der Waals surface area contributed by atoms with E-state index in [9.17, 15) is 0 Å². The molecule has 2 nitrogen and oxygen atoms in total. The Morgan fingerprint density at radius 2 is 2.35 bits per heavy atom. The fourth-order valence-corrected chi connectivity index (χ4v) is 3.72. The van der Waals surface area contributed by atoms with Crippen LogP contribution in [-0.2, 0) is 6.54 Å². The fraction of sp³-hybridized carbons (Fsp3) is 0.462. The summed E-state index contributed by atoms with van der Waals surface area (Å²) in [5, 5.41) is 5.88. The van der Waals surface area contributed by atoms with Gasteiger partial charge in [-0.15, -0.1) is 22.7 Å². The Morgan fingerprint density at radius 1 is 1.47 bits per heavy atom. The van der Waals surface area contributed by atoms with E-state index in [0.29, 0.717) is 6.04 Å². The zero-order chi connectivity index (χ0) is 11.7. The van der Waals surface area contributed by atoms with Crippen molar-refractivity contribution in [2.24, 2.45) is 5.92 Å². The third-order valence-corrected chi connectivity index (χ3v) is 5.16. The quantitative estimate of drug-likeness (QED) is 0.889. The maximum Gasteiger partial charge on any atom is 0.0798 e. The van der Waals surface area contributed by atoms with Gasteiger partial charge in [0.15, 0.2) is 0 Å². The SMILES string of the molecule is Cc1ncsc1CNC(c1cccs1)C1CC1. The molecule has 0 amide bonds. The molecule has 0 aliphatic heterocycles. The summed E-state index contributed by atoms with van der Waals surface area (Å²) in [6, 6.07) is 4.95. The van der Waals surface area contributed by atoms with Gasteiger partial charge in [0.2, 0.25) is 0 Å². The van der Waals surface area contributed by atoms with E-state index in [1.165, 1.54) is 28.3 Å². The lowest BCUT2D eigenvalue weighted by Crippen LogP contribution is -2.21. The normalized spacial score (nSPS) is 17.2. The minimum absolute atomic E-state index is 0.552. The number of thiazole rings is 1. The molecule has 2 heterocycles. The van der Waals surface area contributed by atoms with Crippen LogP contribution in [0.2, 0.25) is 0 Å². The number of rotatable bonds is 5. The van der Waals surface area contributed by atoms with Crippen molar-refractivity contribution in [3.8, 4) is 0 Å². The Balaban J connectivity index is 1.68. The smallest absolute Gasteiger partial charge is 0.0798 e. The van der Waals surface area contributed by atoms with Crippen LogP contribution in [0.25, 0.3) is 0 Å². The lowest BCUT2D eigenvalue weighted by Gasteiger charge is -2.16. The highest BCUT2D eigenvalue weighted by atomic mass is 32.1. The van der Waals surface area contributed by atoms with Crippen LogP contribution in [0.4, 0.5) is 0 Å². The van der Waals surface area contributed by atoms with Gasteiger partial charge in [0.1, 0.15) is 0 Å². The Morgan fingerprint density at radius 3 is 2.94 bits per heavy atom. The van der Waals surface area contributed by atoms with Crippen LogP contribution in [0.15, 0.2) is 23.0 Å². The largest absolute Gasteiger partial charge is 0.304 e. The second-order valence-corrected chi connectivity index (χ2v) is 6.49. The van der Waals surface area contributed by atoms with Crippen molar-refractivity contribution in [2.75, 3.05) is 0 Å². The molecule has 1 aliphatic rings. The first-order valence-electron chi connectivity index (χ1n) is 6.00. The number of thiophene rings is 1. The van der Waals surface area contributed by atoms with Gasteiger partial charge in [-0.1, -0.05) is 6.07 Å². The van der Waals surface area contributed by atoms with E-state index in [2.05, 4.69) is 34.7 Å². The van der Waals surface area contributed by atoms with E-state index in [4.69, 9.17) is 0 Å². The molecule has 1 N–H and O–H groups in total. The Bertz CT molecular complexity index is 471. The molecule has 90 valence electrons. The average Bonchev–Trinajstić information content (AvgIpc) is 2.86. The van der Waals surface area contributed by atoms with Crippen LogP contribution in [-0.4, -0.2) is 4.98 Å². The minimum atomic E-state index is 0.552. The number of hydrogen-bond acceptors (Lipinski definition) is 4. The van der Waals surface area contributed by atoms with Gasteiger partial charge in [0.25, 0.3) is 0 Å². The van der Waals surface area contributed by atoms with Crippen molar-refractivity contribution >= 4 is 22.7 Å². The summed E-state index contributed by atoms with van der Waals surface area (Å²) in [4.78, 5) is 7.15. The molecular weight excluding hydrogens is 248 g/mol. The molecule has 1 atom stereocenters. The molecule has 1 unspecified atom stereocenters. The third-order valence-electron chi connectivity index (χ3n) is 3.27. The van der Waals surface area contributed by atoms with Gasteiger partial charge in [-0.05, 0) is 37.1 Å². The Kier molecular flexibility index (Phi) is 3.27. The van der Waals surface area contributed by atoms with Crippen LogP contribution in [0.5, 0.6) is 0 Å². The van der Waals surface area contributed by atoms with Gasteiger partial charge in [0, 0.05) is 22.3 Å². The van der Waals surface area contributed by atoms with E-state index < -0.39 is 0 Å². The molecule has 17 heavy (non-hydrogen) atoms. The van der Waals surface area contributed by atoms with Crippen molar-refractivity contribution in [1.29, 1.82) is 0 Å². The number of nitrogens with one attached hydrogen (secondary N) is 1. The van der Waals surface area contributed by atoms with Crippen LogP contribution in [0.3, 0.4) is 0 Å². The molecule has 2 aromatic rings. The number of aromatic nitrogens is 1. The predicted molar refractivity (Wildman–Crippen MR) is 73.5 cm³/mol. The highest BCUT2D eigenvalue weighted by molar-refractivity contribution is 7.10. The minimum Gasteiger partial charge on any atom is -0.304 e. The Labute approximate surface area is 110 Å². The molecule has 0 bridgehead atoms. The average molecular weight is 264 g/mol. The van der Waals surface area contributed by atoms with Gasteiger partial charge in [0.05, 0.1) is 11.2 Å². The highest BCUT2D eigenvalue weighted by Crippen LogP contribution is 2.42. The number of aryl methyl sites for hydroxylation is 1. The highest BCUT2D eigenvalue weighted by Gasteiger charge is 2.32. The molecule has 0 aromatic carbocycles. The molecule has 2 aromatic heterocycles. The van der Waals surface area contributed by atoms with Crippen molar-refractivity contribution < 1.29 is 0 Å². The monoisotopic (exact) mass is 264 g/mol. The summed E-state index contributed by atoms with van der Waals surface area (Å²) in [7, 11) is 0. The molecule has 1 saturated carbocycles. The second-order valence-electron chi connectivity index (χ2n) is 4.57. The van der Waals surface area contributed by atoms with E-state index in [1.807, 2.05) is 16.8 Å². The maximum absolute atomic E-state index is 4.30. The summed E-state index contributed by atoms with van der Waals surface area (Å²) in [5.41, 5.74) is 3.10. The van der Waals surface area contributed by atoms with E-state index in [0.717, 1.165) is 12.5 Å². The molecule has 1 fully saturated rings. The van der Waals surface area contributed by atoms with Gasteiger partial charge in [-0.2, -0.15) is 0 Å². The molecule has 4 heteroatoms. The van der Waals surface area contributed by atoms with Crippen LogP contribution < -0.4 is 5.32 Å². The summed E-state index contributed by atoms with van der Waals surface area (Å²) >= 11 is 3.62. The summed E-state index contributed by atoms with van der Waals surface area (Å²) in [6.07, 6.45) is 2.74. The number of nitrogens with zero attached hydrogens (tertiary/aromatic N) is 1. The molecular formula is C13H16N2S2. The fourth-order valence-electron chi connectivity index (χ4n) is 2.10. The standard InChI is InChI=1S/C13H16N2S2/c1-9-12(17-8-15-9)7-14-13(10-4-5-10)11-3-2-6-16-11/h2-3,6,8,10,13-14H,4-5,7H2,1H3. The second kappa shape index (κ2) is 4.88. The maximum atomic E-state index is 4.30. The first kappa shape index (κ1) is 11.4. The Hall–Kier alpha value is -0.710. The van der Waals surface area contributed by atoms with Crippen molar-refractivity contribution in [3.63, 3.8) is 0 Å². The predicted octanol–water partition coefficient (Wildman–Crippen LogP) is 3.75. The van der Waals surface area contributed by atoms with Crippen molar-refractivity contribution in [1.82, 2.24) is 10.3 Å². The van der Waals surface area contributed by atoms with E-state index in [-0.39, 0.29) is 0 Å². The summed E-state index contributed by atoms with van der Waals surface area (Å²) < 4.78 is 0. The molecule has 0 radical (unpaired) electrons. The van der Waals surface area contributed by atoms with Gasteiger partial charge < -0.3 is 5.32 Å². The van der Waals surface area contributed by atoms with Crippen LogP contribution in [0, 0.1) is 12.8 Å². The van der Waals surface area contributed by atoms with Crippen molar-refractivity contribution in [3.05, 3.63) is 38.5 Å². The zero-order valence-electron chi connectivity index (χ0n) is 9.85. The van der Waals surface area contributed by atoms with Crippen molar-refractivity contribution in [2.45, 2.75) is 32.4 Å². The third kappa shape index (κ3) is 2.59. The molecule has 1 aliphatic carbocycles. The summed E-state index contributed by atoms with van der Waals surface area (Å²) in [5.74, 6) is 0.849.